The Kier molecular flexibility index (Phi) is 4.40. The highest BCUT2D eigenvalue weighted by Crippen LogP contribution is 2.29. The van der Waals surface area contributed by atoms with Crippen molar-refractivity contribution in [2.45, 2.75) is 26.2 Å². The van der Waals surface area contributed by atoms with Crippen molar-refractivity contribution in [1.82, 2.24) is 20.0 Å². The molecule has 2 heterocycles. The minimum absolute atomic E-state index is 0.488. The van der Waals surface area contributed by atoms with Gasteiger partial charge in [0, 0.05) is 19.8 Å². The molecule has 0 radical (unpaired) electrons. The summed E-state index contributed by atoms with van der Waals surface area (Å²) in [5, 5.41) is 7.80. The summed E-state index contributed by atoms with van der Waals surface area (Å²) in [6.07, 6.45) is 7.74. The SMILES string of the molecule is CN1CCC(C)(CNCCc2cnn(C)c2)CC1. The van der Waals surface area contributed by atoms with Gasteiger partial charge in [-0.25, -0.2) is 0 Å². The monoisotopic (exact) mass is 250 g/mol. The molecule has 0 aliphatic carbocycles. The van der Waals surface area contributed by atoms with E-state index >= 15 is 0 Å². The van der Waals surface area contributed by atoms with E-state index in [9.17, 15) is 0 Å². The molecule has 0 bridgehead atoms. The third kappa shape index (κ3) is 3.82. The third-order valence-electron chi connectivity index (χ3n) is 4.09. The summed E-state index contributed by atoms with van der Waals surface area (Å²) in [7, 11) is 4.19. The predicted octanol–water partition coefficient (Wildman–Crippen LogP) is 1.28. The maximum Gasteiger partial charge on any atom is 0.0522 e. The van der Waals surface area contributed by atoms with Crippen LogP contribution in [-0.2, 0) is 13.5 Å². The van der Waals surface area contributed by atoms with Gasteiger partial charge in [0.15, 0.2) is 0 Å². The molecule has 1 saturated heterocycles. The Labute approximate surface area is 110 Å². The molecule has 4 nitrogen and oxygen atoms in total. The highest BCUT2D eigenvalue weighted by molar-refractivity contribution is 5.03. The molecule has 1 aliphatic rings. The number of rotatable bonds is 5. The van der Waals surface area contributed by atoms with Crippen molar-refractivity contribution < 1.29 is 0 Å². The van der Waals surface area contributed by atoms with Crippen molar-refractivity contribution in [3.63, 3.8) is 0 Å². The first kappa shape index (κ1) is 13.6. The van der Waals surface area contributed by atoms with Gasteiger partial charge in [0.25, 0.3) is 0 Å². The fraction of sp³-hybridized carbons (Fsp3) is 0.786. The smallest absolute Gasteiger partial charge is 0.0522 e. The van der Waals surface area contributed by atoms with Gasteiger partial charge in [0.1, 0.15) is 0 Å². The topological polar surface area (TPSA) is 33.1 Å². The fourth-order valence-corrected chi connectivity index (χ4v) is 2.56. The van der Waals surface area contributed by atoms with E-state index in [0.717, 1.165) is 19.5 Å². The molecule has 18 heavy (non-hydrogen) atoms. The fourth-order valence-electron chi connectivity index (χ4n) is 2.56. The van der Waals surface area contributed by atoms with Crippen LogP contribution in [0.25, 0.3) is 0 Å². The molecule has 0 atom stereocenters. The predicted molar refractivity (Wildman–Crippen MR) is 74.6 cm³/mol. The summed E-state index contributed by atoms with van der Waals surface area (Å²) in [5.74, 6) is 0. The zero-order valence-electron chi connectivity index (χ0n) is 11.9. The Morgan fingerprint density at radius 1 is 1.33 bits per heavy atom. The molecule has 1 aliphatic heterocycles. The van der Waals surface area contributed by atoms with E-state index in [1.165, 1.54) is 31.5 Å². The van der Waals surface area contributed by atoms with Crippen LogP contribution in [0.3, 0.4) is 0 Å². The number of piperidine rings is 1. The number of aromatic nitrogens is 2. The maximum atomic E-state index is 4.19. The summed E-state index contributed by atoms with van der Waals surface area (Å²) in [6.45, 7) is 7.08. The van der Waals surface area contributed by atoms with Crippen LogP contribution in [0.5, 0.6) is 0 Å². The number of nitrogens with zero attached hydrogens (tertiary/aromatic N) is 3. The minimum Gasteiger partial charge on any atom is -0.316 e. The molecule has 0 amide bonds. The summed E-state index contributed by atoms with van der Waals surface area (Å²) in [4.78, 5) is 2.43. The molecule has 0 saturated carbocycles. The van der Waals surface area contributed by atoms with Crippen LogP contribution >= 0.6 is 0 Å². The number of hydrogen-bond acceptors (Lipinski definition) is 3. The Hall–Kier alpha value is -0.870. The van der Waals surface area contributed by atoms with Gasteiger partial charge in [-0.3, -0.25) is 4.68 Å². The zero-order valence-corrected chi connectivity index (χ0v) is 11.9. The van der Waals surface area contributed by atoms with Crippen LogP contribution in [0.1, 0.15) is 25.3 Å². The van der Waals surface area contributed by atoms with Crippen LogP contribution in [0.15, 0.2) is 12.4 Å². The molecule has 102 valence electrons. The van der Waals surface area contributed by atoms with Gasteiger partial charge < -0.3 is 10.2 Å². The van der Waals surface area contributed by atoms with E-state index < -0.39 is 0 Å². The number of aryl methyl sites for hydroxylation is 1. The molecule has 0 aromatic carbocycles. The van der Waals surface area contributed by atoms with E-state index in [1.807, 2.05) is 17.9 Å². The van der Waals surface area contributed by atoms with Crippen LogP contribution in [0.4, 0.5) is 0 Å². The van der Waals surface area contributed by atoms with Gasteiger partial charge in [-0.15, -0.1) is 0 Å². The summed E-state index contributed by atoms with van der Waals surface area (Å²) < 4.78 is 1.87. The second-order valence-electron chi connectivity index (χ2n) is 6.06. The van der Waals surface area contributed by atoms with Crippen LogP contribution in [0, 0.1) is 5.41 Å². The number of hydrogen-bond donors (Lipinski definition) is 1. The Bertz CT molecular complexity index is 364. The standard InChI is InChI=1S/C14H26N4/c1-14(5-8-17(2)9-6-14)12-15-7-4-13-10-16-18(3)11-13/h10-11,15H,4-9,12H2,1-3H3. The van der Waals surface area contributed by atoms with Crippen LogP contribution < -0.4 is 5.32 Å². The Morgan fingerprint density at radius 2 is 2.06 bits per heavy atom. The van der Waals surface area contributed by atoms with Gasteiger partial charge in [-0.1, -0.05) is 6.92 Å². The average molecular weight is 250 g/mol. The summed E-state index contributed by atoms with van der Waals surface area (Å²) in [5.41, 5.74) is 1.81. The van der Waals surface area contributed by atoms with Gasteiger partial charge in [-0.05, 0) is 56.9 Å². The Balaban J connectivity index is 1.66. The van der Waals surface area contributed by atoms with E-state index in [0.29, 0.717) is 5.41 Å². The van der Waals surface area contributed by atoms with Gasteiger partial charge in [-0.2, -0.15) is 5.10 Å². The first-order valence-electron chi connectivity index (χ1n) is 6.94. The lowest BCUT2D eigenvalue weighted by Gasteiger charge is -2.38. The van der Waals surface area contributed by atoms with Crippen molar-refractivity contribution in [2.75, 3.05) is 33.2 Å². The number of nitrogens with one attached hydrogen (secondary N) is 1. The molecule has 0 unspecified atom stereocenters. The molecule has 1 N–H and O–H groups in total. The average Bonchev–Trinajstić information content (AvgIpc) is 2.75. The zero-order chi connectivity index (χ0) is 13.0. The largest absolute Gasteiger partial charge is 0.316 e. The first-order chi connectivity index (χ1) is 8.57. The number of likely N-dealkylation sites (tertiary alicyclic amines) is 1. The van der Waals surface area contributed by atoms with Crippen molar-refractivity contribution in [3.8, 4) is 0 Å². The maximum absolute atomic E-state index is 4.19. The van der Waals surface area contributed by atoms with E-state index in [2.05, 4.69) is 35.5 Å². The van der Waals surface area contributed by atoms with Crippen LogP contribution in [-0.4, -0.2) is 47.9 Å². The molecule has 1 aromatic heterocycles. The van der Waals surface area contributed by atoms with Crippen molar-refractivity contribution in [1.29, 1.82) is 0 Å². The highest BCUT2D eigenvalue weighted by Gasteiger charge is 2.28. The highest BCUT2D eigenvalue weighted by atomic mass is 15.2. The molecule has 1 fully saturated rings. The molecule has 0 spiro atoms. The Morgan fingerprint density at radius 3 is 2.67 bits per heavy atom. The van der Waals surface area contributed by atoms with Gasteiger partial charge >= 0.3 is 0 Å². The first-order valence-corrected chi connectivity index (χ1v) is 6.94. The van der Waals surface area contributed by atoms with Crippen molar-refractivity contribution in [2.24, 2.45) is 12.5 Å². The molecule has 2 rings (SSSR count). The lowest BCUT2D eigenvalue weighted by atomic mass is 9.80. The second kappa shape index (κ2) is 5.85. The van der Waals surface area contributed by atoms with E-state index in [-0.39, 0.29) is 0 Å². The summed E-state index contributed by atoms with van der Waals surface area (Å²) in [6, 6.07) is 0. The lowest BCUT2D eigenvalue weighted by Crippen LogP contribution is -2.42. The second-order valence-corrected chi connectivity index (χ2v) is 6.06. The third-order valence-corrected chi connectivity index (χ3v) is 4.09. The van der Waals surface area contributed by atoms with Crippen molar-refractivity contribution in [3.05, 3.63) is 18.0 Å². The van der Waals surface area contributed by atoms with Gasteiger partial charge in [0.05, 0.1) is 6.20 Å². The van der Waals surface area contributed by atoms with Gasteiger partial charge in [0.2, 0.25) is 0 Å². The van der Waals surface area contributed by atoms with E-state index in [4.69, 9.17) is 0 Å². The van der Waals surface area contributed by atoms with Crippen molar-refractivity contribution >= 4 is 0 Å². The minimum atomic E-state index is 0.488. The molecule has 1 aromatic rings. The lowest BCUT2D eigenvalue weighted by molar-refractivity contribution is 0.137. The normalized spacial score (nSPS) is 20.2. The van der Waals surface area contributed by atoms with E-state index in [1.54, 1.807) is 0 Å². The molecule has 4 heteroatoms. The summed E-state index contributed by atoms with van der Waals surface area (Å²) >= 11 is 0. The quantitative estimate of drug-likeness (QED) is 0.799. The molecular formula is C14H26N4. The van der Waals surface area contributed by atoms with Crippen LogP contribution in [0.2, 0.25) is 0 Å². The molecular weight excluding hydrogens is 224 g/mol.